The fourth-order valence-corrected chi connectivity index (χ4v) is 3.16. The quantitative estimate of drug-likeness (QED) is 0.635. The summed E-state index contributed by atoms with van der Waals surface area (Å²) in [6.07, 6.45) is 0. The molecule has 1 aromatic carbocycles. The lowest BCUT2D eigenvalue weighted by Gasteiger charge is -2.34. The molecule has 0 aliphatic carbocycles. The molecule has 1 aliphatic rings. The Bertz CT molecular complexity index is 479. The van der Waals surface area contributed by atoms with E-state index < -0.39 is 0 Å². The summed E-state index contributed by atoms with van der Waals surface area (Å²) in [5.74, 6) is -0.230. The van der Waals surface area contributed by atoms with E-state index >= 15 is 0 Å². The van der Waals surface area contributed by atoms with Gasteiger partial charge >= 0.3 is 5.97 Å². The first kappa shape index (κ1) is 15.7. The average molecular weight is 388 g/mol. The van der Waals surface area contributed by atoms with E-state index in [4.69, 9.17) is 4.74 Å². The second-order valence-electron chi connectivity index (χ2n) is 5.02. The Labute approximate surface area is 134 Å². The third kappa shape index (κ3) is 3.71. The van der Waals surface area contributed by atoms with Gasteiger partial charge in [-0.3, -0.25) is 4.90 Å². The van der Waals surface area contributed by atoms with Crippen molar-refractivity contribution in [2.45, 2.75) is 26.4 Å². The third-order valence-corrected chi connectivity index (χ3v) is 4.86. The van der Waals surface area contributed by atoms with Gasteiger partial charge in [0.15, 0.2) is 0 Å². The minimum absolute atomic E-state index is 0.230. The minimum atomic E-state index is -0.230. The molecule has 1 N–H and O–H groups in total. The molecule has 4 nitrogen and oxygen atoms in total. The molecule has 0 bridgehead atoms. The number of carbonyl (C=O) groups excluding carboxylic acids is 1. The molecule has 20 heavy (non-hydrogen) atoms. The summed E-state index contributed by atoms with van der Waals surface area (Å²) in [5.41, 5.74) is 1.87. The third-order valence-electron chi connectivity index (χ3n) is 3.59. The number of piperazine rings is 1. The molecular weight excluding hydrogens is 367 g/mol. The van der Waals surface area contributed by atoms with Crippen molar-refractivity contribution in [3.05, 3.63) is 32.9 Å². The number of rotatable bonds is 4. The maximum atomic E-state index is 11.9. The highest BCUT2D eigenvalue weighted by molar-refractivity contribution is 14.1. The molecule has 110 valence electrons. The number of nitrogens with zero attached hydrogens (tertiary/aromatic N) is 1. The van der Waals surface area contributed by atoms with Gasteiger partial charge in [0, 0.05) is 35.8 Å². The first-order chi connectivity index (χ1) is 9.63. The molecule has 5 heteroatoms. The summed E-state index contributed by atoms with van der Waals surface area (Å²) in [6, 6.07) is 6.39. The van der Waals surface area contributed by atoms with Crippen LogP contribution in [0.25, 0.3) is 0 Å². The molecule has 1 aliphatic heterocycles. The van der Waals surface area contributed by atoms with Gasteiger partial charge in [0.1, 0.15) is 0 Å². The van der Waals surface area contributed by atoms with Crippen LogP contribution < -0.4 is 5.32 Å². The van der Waals surface area contributed by atoms with Gasteiger partial charge in [0.05, 0.1) is 12.2 Å². The van der Waals surface area contributed by atoms with Crippen LogP contribution in [0.4, 0.5) is 0 Å². The zero-order chi connectivity index (χ0) is 14.5. The summed E-state index contributed by atoms with van der Waals surface area (Å²) in [6.45, 7) is 8.45. The number of hydrogen-bond acceptors (Lipinski definition) is 4. The Hall–Kier alpha value is -0.660. The van der Waals surface area contributed by atoms with Crippen LogP contribution in [0.5, 0.6) is 0 Å². The zero-order valence-corrected chi connectivity index (χ0v) is 14.1. The van der Waals surface area contributed by atoms with Gasteiger partial charge in [-0.1, -0.05) is 12.1 Å². The number of ether oxygens (including phenoxy) is 1. The number of hydrogen-bond donors (Lipinski definition) is 1. The maximum absolute atomic E-state index is 11.9. The average Bonchev–Trinajstić information content (AvgIpc) is 2.43. The van der Waals surface area contributed by atoms with E-state index in [1.807, 2.05) is 19.1 Å². The summed E-state index contributed by atoms with van der Waals surface area (Å²) in [7, 11) is 0. The number of carbonyl (C=O) groups is 1. The van der Waals surface area contributed by atoms with Gasteiger partial charge in [-0.25, -0.2) is 4.79 Å². The molecule has 1 atom stereocenters. The van der Waals surface area contributed by atoms with Gasteiger partial charge in [-0.15, -0.1) is 0 Å². The molecule has 1 saturated heterocycles. The second kappa shape index (κ2) is 7.38. The van der Waals surface area contributed by atoms with Crippen LogP contribution in [0.2, 0.25) is 0 Å². The van der Waals surface area contributed by atoms with Crippen molar-refractivity contribution in [3.8, 4) is 0 Å². The number of nitrogens with one attached hydrogen (secondary N) is 1. The fraction of sp³-hybridized carbons (Fsp3) is 0.533. The monoisotopic (exact) mass is 388 g/mol. The smallest absolute Gasteiger partial charge is 0.339 e. The van der Waals surface area contributed by atoms with Crippen molar-refractivity contribution < 1.29 is 9.53 Å². The summed E-state index contributed by atoms with van der Waals surface area (Å²) in [4.78, 5) is 14.4. The predicted octanol–water partition coefficient (Wildman–Crippen LogP) is 2.26. The van der Waals surface area contributed by atoms with Crippen molar-refractivity contribution in [1.82, 2.24) is 10.2 Å². The van der Waals surface area contributed by atoms with Crippen molar-refractivity contribution in [3.63, 3.8) is 0 Å². The second-order valence-corrected chi connectivity index (χ2v) is 6.10. The first-order valence-corrected chi connectivity index (χ1v) is 8.10. The van der Waals surface area contributed by atoms with Crippen molar-refractivity contribution in [2.24, 2.45) is 0 Å². The molecule has 1 heterocycles. The predicted molar refractivity (Wildman–Crippen MR) is 87.9 cm³/mol. The van der Waals surface area contributed by atoms with Crippen LogP contribution in [0.1, 0.15) is 29.8 Å². The molecule has 0 aromatic heterocycles. The Morgan fingerprint density at radius 1 is 1.55 bits per heavy atom. The van der Waals surface area contributed by atoms with E-state index in [-0.39, 0.29) is 5.97 Å². The van der Waals surface area contributed by atoms with E-state index in [1.54, 1.807) is 0 Å². The van der Waals surface area contributed by atoms with Crippen LogP contribution in [0.15, 0.2) is 18.2 Å². The highest BCUT2D eigenvalue weighted by Crippen LogP contribution is 2.21. The standard InChI is InChI=1S/C15H21IN2O2/c1-3-20-15(19)13-6-4-5-12(14(13)16)10-18-8-7-17-9-11(18)2/h4-6,11,17H,3,7-10H2,1-2H3/t11-/m1/s1. The minimum Gasteiger partial charge on any atom is -0.462 e. The molecule has 1 fully saturated rings. The van der Waals surface area contributed by atoms with Gasteiger partial charge in [-0.05, 0) is 48.1 Å². The van der Waals surface area contributed by atoms with Crippen LogP contribution in [0.3, 0.4) is 0 Å². The lowest BCUT2D eigenvalue weighted by Crippen LogP contribution is -2.49. The largest absolute Gasteiger partial charge is 0.462 e. The Kier molecular flexibility index (Phi) is 5.80. The molecule has 0 radical (unpaired) electrons. The molecule has 0 spiro atoms. The van der Waals surface area contributed by atoms with Crippen LogP contribution >= 0.6 is 22.6 Å². The van der Waals surface area contributed by atoms with Crippen molar-refractivity contribution >= 4 is 28.6 Å². The van der Waals surface area contributed by atoms with Crippen molar-refractivity contribution in [1.29, 1.82) is 0 Å². The summed E-state index contributed by atoms with van der Waals surface area (Å²) >= 11 is 2.26. The SMILES string of the molecule is CCOC(=O)c1cccc(CN2CCNC[C@H]2C)c1I. The van der Waals surface area contributed by atoms with E-state index in [0.717, 1.165) is 29.7 Å². The zero-order valence-electron chi connectivity index (χ0n) is 12.0. The molecule has 0 saturated carbocycles. The van der Waals surface area contributed by atoms with E-state index in [1.165, 1.54) is 5.56 Å². The highest BCUT2D eigenvalue weighted by Gasteiger charge is 2.20. The van der Waals surface area contributed by atoms with Crippen LogP contribution in [-0.2, 0) is 11.3 Å². The molecule has 2 rings (SSSR count). The summed E-state index contributed by atoms with van der Waals surface area (Å²) < 4.78 is 6.12. The molecule has 0 amide bonds. The number of benzene rings is 1. The van der Waals surface area contributed by atoms with Crippen molar-refractivity contribution in [2.75, 3.05) is 26.2 Å². The fourth-order valence-electron chi connectivity index (χ4n) is 2.41. The molecule has 1 aromatic rings. The molecular formula is C15H21IN2O2. The van der Waals surface area contributed by atoms with Crippen LogP contribution in [0, 0.1) is 3.57 Å². The number of halogens is 1. The van der Waals surface area contributed by atoms with Gasteiger partial charge < -0.3 is 10.1 Å². The highest BCUT2D eigenvalue weighted by atomic mass is 127. The maximum Gasteiger partial charge on any atom is 0.339 e. The van der Waals surface area contributed by atoms with Crippen LogP contribution in [-0.4, -0.2) is 43.2 Å². The van der Waals surface area contributed by atoms with Gasteiger partial charge in [-0.2, -0.15) is 0 Å². The lowest BCUT2D eigenvalue weighted by molar-refractivity contribution is 0.0524. The Balaban J connectivity index is 2.15. The Morgan fingerprint density at radius 2 is 2.35 bits per heavy atom. The first-order valence-electron chi connectivity index (χ1n) is 7.02. The van der Waals surface area contributed by atoms with E-state index in [0.29, 0.717) is 18.2 Å². The lowest BCUT2D eigenvalue weighted by atomic mass is 10.1. The van der Waals surface area contributed by atoms with E-state index in [9.17, 15) is 4.79 Å². The van der Waals surface area contributed by atoms with E-state index in [2.05, 4.69) is 45.8 Å². The Morgan fingerprint density at radius 3 is 3.05 bits per heavy atom. The summed E-state index contributed by atoms with van der Waals surface area (Å²) in [5, 5.41) is 3.39. The van der Waals surface area contributed by atoms with Gasteiger partial charge in [0.25, 0.3) is 0 Å². The van der Waals surface area contributed by atoms with Gasteiger partial charge in [0.2, 0.25) is 0 Å². The number of esters is 1. The normalized spacial score (nSPS) is 19.9. The molecule has 0 unspecified atom stereocenters. The topological polar surface area (TPSA) is 41.6 Å².